The number of benzene rings is 1. The second-order valence-electron chi connectivity index (χ2n) is 6.75. The lowest BCUT2D eigenvalue weighted by Crippen LogP contribution is -3.11. The lowest BCUT2D eigenvalue weighted by atomic mass is 10.1. The van der Waals surface area contributed by atoms with Crippen LogP contribution >= 0.6 is 0 Å². The zero-order valence-electron chi connectivity index (χ0n) is 15.0. The molecule has 134 valence electrons. The first-order valence-corrected chi connectivity index (χ1v) is 8.99. The average Bonchev–Trinajstić information content (AvgIpc) is 3.29. The highest BCUT2D eigenvalue weighted by Crippen LogP contribution is 2.22. The smallest absolute Gasteiger partial charge is 0.258 e. The standard InChI is InChI=1S/C20H26N2O3/c1-15-7-5-8-16(2)20(15)25-14-19(23)21-13-17(18-9-6-12-24-18)22-10-3-4-11-22/h5-9,12,17H,3-4,10-11,13-14H2,1-2H3,(H,21,23)/p+1/t17-/m1/s1. The molecule has 1 aromatic heterocycles. The van der Waals surface area contributed by atoms with E-state index in [0.717, 1.165) is 35.7 Å². The molecular weight excluding hydrogens is 316 g/mol. The van der Waals surface area contributed by atoms with E-state index in [1.165, 1.54) is 17.7 Å². The average molecular weight is 343 g/mol. The van der Waals surface area contributed by atoms with E-state index in [1.807, 2.05) is 44.2 Å². The van der Waals surface area contributed by atoms with E-state index in [4.69, 9.17) is 9.15 Å². The Hall–Kier alpha value is -2.27. The van der Waals surface area contributed by atoms with Gasteiger partial charge in [0.2, 0.25) is 0 Å². The van der Waals surface area contributed by atoms with Gasteiger partial charge in [-0.2, -0.15) is 0 Å². The molecule has 3 rings (SSSR count). The van der Waals surface area contributed by atoms with Crippen LogP contribution in [0.2, 0.25) is 0 Å². The maximum atomic E-state index is 12.3. The first-order chi connectivity index (χ1) is 12.1. The molecule has 5 nitrogen and oxygen atoms in total. The summed E-state index contributed by atoms with van der Waals surface area (Å²) >= 11 is 0. The van der Waals surface area contributed by atoms with Crippen molar-refractivity contribution in [1.29, 1.82) is 0 Å². The number of aryl methyl sites for hydroxylation is 2. The Bertz CT molecular complexity index is 671. The molecule has 1 amide bonds. The zero-order valence-corrected chi connectivity index (χ0v) is 15.0. The van der Waals surface area contributed by atoms with E-state index in [2.05, 4.69) is 5.32 Å². The summed E-state index contributed by atoms with van der Waals surface area (Å²) in [6.07, 6.45) is 4.16. The van der Waals surface area contributed by atoms with Crippen LogP contribution in [-0.2, 0) is 4.79 Å². The van der Waals surface area contributed by atoms with Crippen LogP contribution in [0.4, 0.5) is 0 Å². The van der Waals surface area contributed by atoms with Crippen LogP contribution in [0.15, 0.2) is 41.0 Å². The SMILES string of the molecule is Cc1cccc(C)c1OCC(=O)NC[C@H](c1ccco1)[NH+]1CCCC1. The molecule has 2 heterocycles. The number of ether oxygens (including phenoxy) is 1. The third-order valence-corrected chi connectivity index (χ3v) is 4.88. The van der Waals surface area contributed by atoms with Gasteiger partial charge in [-0.25, -0.2) is 0 Å². The predicted molar refractivity (Wildman–Crippen MR) is 95.8 cm³/mol. The monoisotopic (exact) mass is 343 g/mol. The lowest BCUT2D eigenvalue weighted by molar-refractivity contribution is -0.919. The molecule has 0 saturated carbocycles. The van der Waals surface area contributed by atoms with Gasteiger partial charge in [0.15, 0.2) is 18.4 Å². The van der Waals surface area contributed by atoms with Crippen LogP contribution in [0.1, 0.15) is 35.8 Å². The predicted octanol–water partition coefficient (Wildman–Crippen LogP) is 1.81. The fourth-order valence-corrected chi connectivity index (χ4v) is 3.54. The first-order valence-electron chi connectivity index (χ1n) is 8.99. The van der Waals surface area contributed by atoms with Crippen molar-refractivity contribution in [2.24, 2.45) is 0 Å². The Balaban J connectivity index is 1.55. The molecule has 1 aliphatic heterocycles. The number of nitrogens with one attached hydrogen (secondary N) is 2. The maximum absolute atomic E-state index is 12.3. The number of para-hydroxylation sites is 1. The summed E-state index contributed by atoms with van der Waals surface area (Å²) in [7, 11) is 0. The van der Waals surface area contributed by atoms with Gasteiger partial charge in [0, 0.05) is 12.8 Å². The number of hydrogen-bond donors (Lipinski definition) is 2. The summed E-state index contributed by atoms with van der Waals surface area (Å²) in [4.78, 5) is 13.7. The molecule has 5 heteroatoms. The minimum absolute atomic E-state index is 0.0336. The third kappa shape index (κ3) is 4.42. The van der Waals surface area contributed by atoms with E-state index < -0.39 is 0 Å². The van der Waals surface area contributed by atoms with Gasteiger partial charge in [0.05, 0.1) is 25.9 Å². The second kappa shape index (κ2) is 8.21. The Kier molecular flexibility index (Phi) is 5.76. The van der Waals surface area contributed by atoms with Crippen molar-refractivity contribution in [3.8, 4) is 5.75 Å². The van der Waals surface area contributed by atoms with Crippen molar-refractivity contribution in [3.63, 3.8) is 0 Å². The van der Waals surface area contributed by atoms with E-state index in [1.54, 1.807) is 6.26 Å². The van der Waals surface area contributed by atoms with Crippen LogP contribution in [0.5, 0.6) is 5.75 Å². The molecule has 25 heavy (non-hydrogen) atoms. The number of furan rings is 1. The van der Waals surface area contributed by atoms with Gasteiger partial charge in [-0.05, 0) is 37.1 Å². The summed E-state index contributed by atoms with van der Waals surface area (Å²) in [5, 5.41) is 3.01. The highest BCUT2D eigenvalue weighted by molar-refractivity contribution is 5.77. The van der Waals surface area contributed by atoms with Crippen molar-refractivity contribution in [2.75, 3.05) is 26.2 Å². The summed E-state index contributed by atoms with van der Waals surface area (Å²) in [5.41, 5.74) is 2.09. The lowest BCUT2D eigenvalue weighted by Gasteiger charge is -2.23. The Morgan fingerprint density at radius 1 is 1.20 bits per heavy atom. The van der Waals surface area contributed by atoms with Gasteiger partial charge in [-0.1, -0.05) is 18.2 Å². The van der Waals surface area contributed by atoms with Crippen molar-refractivity contribution in [1.82, 2.24) is 5.32 Å². The van der Waals surface area contributed by atoms with Gasteiger partial charge in [0.1, 0.15) is 5.75 Å². The molecule has 1 fully saturated rings. The number of amides is 1. The molecule has 0 bridgehead atoms. The number of hydrogen-bond acceptors (Lipinski definition) is 3. The van der Waals surface area contributed by atoms with Crippen molar-refractivity contribution >= 4 is 5.91 Å². The van der Waals surface area contributed by atoms with E-state index in [0.29, 0.717) is 6.54 Å². The molecule has 2 aromatic rings. The van der Waals surface area contributed by atoms with E-state index >= 15 is 0 Å². The van der Waals surface area contributed by atoms with Gasteiger partial charge in [0.25, 0.3) is 5.91 Å². The number of carbonyl (C=O) groups is 1. The van der Waals surface area contributed by atoms with Crippen LogP contribution in [0.3, 0.4) is 0 Å². The highest BCUT2D eigenvalue weighted by Gasteiger charge is 2.29. The van der Waals surface area contributed by atoms with Crippen molar-refractivity contribution in [3.05, 3.63) is 53.5 Å². The van der Waals surface area contributed by atoms with E-state index in [-0.39, 0.29) is 18.6 Å². The topological polar surface area (TPSA) is 55.9 Å². The fraction of sp³-hybridized carbons (Fsp3) is 0.450. The summed E-state index contributed by atoms with van der Waals surface area (Å²) in [6.45, 7) is 6.83. The summed E-state index contributed by atoms with van der Waals surface area (Å²) in [6, 6.07) is 10.0. The molecule has 0 radical (unpaired) electrons. The number of carbonyl (C=O) groups excluding carboxylic acids is 1. The van der Waals surface area contributed by atoms with Crippen LogP contribution in [0, 0.1) is 13.8 Å². The highest BCUT2D eigenvalue weighted by atomic mass is 16.5. The Labute approximate surface area is 149 Å². The fourth-order valence-electron chi connectivity index (χ4n) is 3.54. The third-order valence-electron chi connectivity index (χ3n) is 4.88. The van der Waals surface area contributed by atoms with Gasteiger partial charge in [-0.15, -0.1) is 0 Å². The minimum atomic E-state index is -0.0993. The molecule has 1 aromatic carbocycles. The molecule has 1 aliphatic rings. The second-order valence-corrected chi connectivity index (χ2v) is 6.75. The molecular formula is C20H27N2O3+. The molecule has 2 N–H and O–H groups in total. The van der Waals surface area contributed by atoms with Crippen molar-refractivity contribution in [2.45, 2.75) is 32.7 Å². The quantitative estimate of drug-likeness (QED) is 0.806. The van der Waals surface area contributed by atoms with Gasteiger partial charge >= 0.3 is 0 Å². The minimum Gasteiger partial charge on any atom is -0.483 e. The summed E-state index contributed by atoms with van der Waals surface area (Å²) in [5.74, 6) is 1.64. The normalized spacial score (nSPS) is 15.9. The van der Waals surface area contributed by atoms with Crippen LogP contribution in [-0.4, -0.2) is 32.1 Å². The summed E-state index contributed by atoms with van der Waals surface area (Å²) < 4.78 is 11.3. The zero-order chi connectivity index (χ0) is 17.6. The molecule has 1 atom stereocenters. The number of rotatable bonds is 7. The maximum Gasteiger partial charge on any atom is 0.258 e. The Morgan fingerprint density at radius 2 is 1.92 bits per heavy atom. The number of quaternary nitrogens is 1. The largest absolute Gasteiger partial charge is 0.483 e. The molecule has 0 spiro atoms. The van der Waals surface area contributed by atoms with Crippen LogP contribution < -0.4 is 15.0 Å². The molecule has 0 unspecified atom stereocenters. The number of likely N-dealkylation sites (tertiary alicyclic amines) is 1. The first kappa shape index (κ1) is 17.5. The van der Waals surface area contributed by atoms with Crippen LogP contribution in [0.25, 0.3) is 0 Å². The van der Waals surface area contributed by atoms with Gasteiger partial charge < -0.3 is 19.4 Å². The van der Waals surface area contributed by atoms with Crippen molar-refractivity contribution < 1.29 is 18.8 Å². The molecule has 1 saturated heterocycles. The van der Waals surface area contributed by atoms with Gasteiger partial charge in [-0.3, -0.25) is 4.79 Å². The van der Waals surface area contributed by atoms with E-state index in [9.17, 15) is 4.79 Å². The Morgan fingerprint density at radius 3 is 2.56 bits per heavy atom. The molecule has 0 aliphatic carbocycles.